The van der Waals surface area contributed by atoms with Crippen LogP contribution in [0.1, 0.15) is 49.8 Å². The highest BCUT2D eigenvalue weighted by molar-refractivity contribution is 7.92. The summed E-state index contributed by atoms with van der Waals surface area (Å²) in [5, 5.41) is 3.40. The number of sulfonamides is 1. The normalized spacial score (nSPS) is 12.2. The highest BCUT2D eigenvalue weighted by atomic mass is 35.5. The van der Waals surface area contributed by atoms with Crippen molar-refractivity contribution in [2.24, 2.45) is 0 Å². The van der Waals surface area contributed by atoms with Crippen LogP contribution in [0.2, 0.25) is 5.02 Å². The van der Waals surface area contributed by atoms with E-state index >= 15 is 0 Å². The van der Waals surface area contributed by atoms with Gasteiger partial charge in [-0.2, -0.15) is 0 Å². The van der Waals surface area contributed by atoms with Gasteiger partial charge < -0.3 is 10.2 Å². The molecule has 0 heterocycles. The third kappa shape index (κ3) is 8.54. The monoisotopic (exact) mass is 521 g/mol. The first-order valence-electron chi connectivity index (χ1n) is 11.8. The Morgan fingerprint density at radius 1 is 1.11 bits per heavy atom. The number of carbonyl (C=O) groups excluding carboxylic acids is 2. The van der Waals surface area contributed by atoms with E-state index in [1.807, 2.05) is 45.0 Å². The number of carbonyl (C=O) groups is 2. The molecule has 1 N–H and O–H groups in total. The van der Waals surface area contributed by atoms with Crippen molar-refractivity contribution in [3.63, 3.8) is 0 Å². The van der Waals surface area contributed by atoms with Crippen molar-refractivity contribution in [1.82, 2.24) is 10.2 Å². The molecule has 0 aromatic heterocycles. The average molecular weight is 522 g/mol. The van der Waals surface area contributed by atoms with Crippen molar-refractivity contribution in [1.29, 1.82) is 0 Å². The van der Waals surface area contributed by atoms with Crippen LogP contribution in [0.3, 0.4) is 0 Å². The maximum atomic E-state index is 13.3. The van der Waals surface area contributed by atoms with Crippen LogP contribution >= 0.6 is 11.6 Å². The summed E-state index contributed by atoms with van der Waals surface area (Å²) in [6.45, 7) is 8.35. The molecule has 0 bridgehead atoms. The first-order valence-corrected chi connectivity index (χ1v) is 14.0. The van der Waals surface area contributed by atoms with Crippen LogP contribution in [-0.2, 0) is 26.2 Å². The number of anilines is 1. The first kappa shape index (κ1) is 28.7. The van der Waals surface area contributed by atoms with E-state index in [-0.39, 0.29) is 31.3 Å². The lowest BCUT2D eigenvalue weighted by Crippen LogP contribution is -2.47. The Morgan fingerprint density at radius 2 is 1.83 bits per heavy atom. The summed E-state index contributed by atoms with van der Waals surface area (Å²) in [6.07, 6.45) is 2.38. The molecule has 0 aliphatic carbocycles. The van der Waals surface area contributed by atoms with Gasteiger partial charge in [0.2, 0.25) is 21.8 Å². The van der Waals surface area contributed by atoms with Gasteiger partial charge in [-0.3, -0.25) is 13.9 Å². The van der Waals surface area contributed by atoms with Crippen LogP contribution in [0, 0.1) is 13.8 Å². The lowest BCUT2D eigenvalue weighted by atomic mass is 10.1. The number of amides is 2. The molecule has 0 fully saturated rings. The van der Waals surface area contributed by atoms with Crippen molar-refractivity contribution in [2.75, 3.05) is 23.7 Å². The SMILES string of the molecule is CCCNC(=O)[C@@H](C)N(Cc1cccc(Cl)c1)C(=O)CCCN(c1cc(C)ccc1C)S(C)(=O)=O. The summed E-state index contributed by atoms with van der Waals surface area (Å²) < 4.78 is 26.4. The number of hydrogen-bond acceptors (Lipinski definition) is 4. The molecule has 0 radical (unpaired) electrons. The Kier molecular flexibility index (Phi) is 10.6. The van der Waals surface area contributed by atoms with Gasteiger partial charge in [0, 0.05) is 31.1 Å². The number of aryl methyl sites for hydroxylation is 2. The molecule has 35 heavy (non-hydrogen) atoms. The summed E-state index contributed by atoms with van der Waals surface area (Å²) in [4.78, 5) is 27.5. The van der Waals surface area contributed by atoms with Gasteiger partial charge in [0.1, 0.15) is 6.04 Å². The molecule has 0 spiro atoms. The number of rotatable bonds is 12. The number of halogens is 1. The zero-order chi connectivity index (χ0) is 26.2. The van der Waals surface area contributed by atoms with Crippen LogP contribution in [0.15, 0.2) is 42.5 Å². The lowest BCUT2D eigenvalue weighted by molar-refractivity contribution is -0.140. The second-order valence-corrected chi connectivity index (χ2v) is 11.2. The highest BCUT2D eigenvalue weighted by Gasteiger charge is 2.26. The summed E-state index contributed by atoms with van der Waals surface area (Å²) in [5.74, 6) is -0.450. The fourth-order valence-corrected chi connectivity index (χ4v) is 5.01. The van der Waals surface area contributed by atoms with Gasteiger partial charge in [-0.05, 0) is 68.5 Å². The molecule has 7 nitrogen and oxygen atoms in total. The molecule has 1 atom stereocenters. The number of nitrogens with one attached hydrogen (secondary N) is 1. The lowest BCUT2D eigenvalue weighted by Gasteiger charge is -2.29. The van der Waals surface area contributed by atoms with Crippen LogP contribution in [0.25, 0.3) is 0 Å². The van der Waals surface area contributed by atoms with Crippen molar-refractivity contribution in [3.8, 4) is 0 Å². The van der Waals surface area contributed by atoms with E-state index in [4.69, 9.17) is 11.6 Å². The smallest absolute Gasteiger partial charge is 0.242 e. The van der Waals surface area contributed by atoms with Crippen molar-refractivity contribution >= 4 is 39.1 Å². The molecule has 2 aromatic carbocycles. The molecular weight excluding hydrogens is 486 g/mol. The quantitative estimate of drug-likeness (QED) is 0.447. The van der Waals surface area contributed by atoms with E-state index in [9.17, 15) is 18.0 Å². The van der Waals surface area contributed by atoms with Crippen molar-refractivity contribution in [2.45, 2.75) is 59.5 Å². The molecule has 0 unspecified atom stereocenters. The zero-order valence-corrected chi connectivity index (χ0v) is 22.7. The van der Waals surface area contributed by atoms with E-state index in [0.717, 1.165) is 23.1 Å². The van der Waals surface area contributed by atoms with Gasteiger partial charge in [-0.25, -0.2) is 8.42 Å². The minimum absolute atomic E-state index is 0.100. The van der Waals surface area contributed by atoms with Crippen LogP contribution in [0.5, 0.6) is 0 Å². The van der Waals surface area contributed by atoms with Crippen molar-refractivity contribution < 1.29 is 18.0 Å². The minimum atomic E-state index is -3.54. The number of nitrogens with zero attached hydrogens (tertiary/aromatic N) is 2. The zero-order valence-electron chi connectivity index (χ0n) is 21.2. The third-order valence-electron chi connectivity index (χ3n) is 5.74. The first-order chi connectivity index (χ1) is 16.4. The van der Waals surface area contributed by atoms with E-state index in [0.29, 0.717) is 23.7 Å². The molecule has 0 aliphatic rings. The van der Waals surface area contributed by atoms with Crippen LogP contribution in [0.4, 0.5) is 5.69 Å². The molecule has 0 saturated heterocycles. The largest absolute Gasteiger partial charge is 0.354 e. The van der Waals surface area contributed by atoms with Gasteiger partial charge in [0.05, 0.1) is 11.9 Å². The van der Waals surface area contributed by atoms with Gasteiger partial charge >= 0.3 is 0 Å². The summed E-state index contributed by atoms with van der Waals surface area (Å²) in [5.41, 5.74) is 3.23. The second kappa shape index (κ2) is 12.9. The second-order valence-electron chi connectivity index (χ2n) is 8.85. The number of hydrogen-bond donors (Lipinski definition) is 1. The fourth-order valence-electron chi connectivity index (χ4n) is 3.78. The Balaban J connectivity index is 2.19. The Morgan fingerprint density at radius 3 is 2.46 bits per heavy atom. The Bertz CT molecular complexity index is 1140. The van der Waals surface area contributed by atoms with E-state index in [1.54, 1.807) is 25.1 Å². The molecular formula is C26H36ClN3O4S. The van der Waals surface area contributed by atoms with E-state index in [2.05, 4.69) is 5.32 Å². The van der Waals surface area contributed by atoms with Crippen molar-refractivity contribution in [3.05, 3.63) is 64.2 Å². The Labute approximate surface area is 214 Å². The van der Waals surface area contributed by atoms with Crippen LogP contribution < -0.4 is 9.62 Å². The fraction of sp³-hybridized carbons (Fsp3) is 0.462. The molecule has 0 aliphatic heterocycles. The summed E-state index contributed by atoms with van der Waals surface area (Å²) in [6, 6.07) is 12.2. The molecule has 2 amide bonds. The minimum Gasteiger partial charge on any atom is -0.354 e. The average Bonchev–Trinajstić information content (AvgIpc) is 2.79. The topological polar surface area (TPSA) is 86.8 Å². The van der Waals surface area contributed by atoms with Gasteiger partial charge in [0.25, 0.3) is 0 Å². The Hall–Kier alpha value is -2.58. The molecule has 2 rings (SSSR count). The summed E-state index contributed by atoms with van der Waals surface area (Å²) >= 11 is 6.12. The van der Waals surface area contributed by atoms with Gasteiger partial charge in [-0.15, -0.1) is 0 Å². The maximum absolute atomic E-state index is 13.3. The third-order valence-corrected chi connectivity index (χ3v) is 7.16. The van der Waals surface area contributed by atoms with Gasteiger partial charge in [-0.1, -0.05) is 42.8 Å². The molecule has 0 saturated carbocycles. The van der Waals surface area contributed by atoms with Crippen LogP contribution in [-0.4, -0.2) is 50.5 Å². The predicted molar refractivity (Wildman–Crippen MR) is 142 cm³/mol. The summed E-state index contributed by atoms with van der Waals surface area (Å²) in [7, 11) is -3.54. The maximum Gasteiger partial charge on any atom is 0.242 e. The molecule has 9 heteroatoms. The van der Waals surface area contributed by atoms with Gasteiger partial charge in [0.15, 0.2) is 0 Å². The van der Waals surface area contributed by atoms with E-state index < -0.39 is 16.1 Å². The highest BCUT2D eigenvalue weighted by Crippen LogP contribution is 2.25. The standard InChI is InChI=1S/C26H36ClN3O4S/c1-6-14-28-26(32)21(4)29(18-22-9-7-10-23(27)17-22)25(31)11-8-15-30(35(5,33)34)24-16-19(2)12-13-20(24)3/h7,9-10,12-13,16-17,21H,6,8,11,14-15,18H2,1-5H3,(H,28,32)/t21-/m1/s1. The number of benzene rings is 2. The van der Waals surface area contributed by atoms with E-state index in [1.165, 1.54) is 15.5 Å². The molecule has 192 valence electrons. The molecule has 2 aromatic rings. The predicted octanol–water partition coefficient (Wildman–Crippen LogP) is 4.45.